The average molecular weight is 681 g/mol. The molecule has 0 bridgehead atoms. The summed E-state index contributed by atoms with van der Waals surface area (Å²) in [6.45, 7) is 6.16. The molecule has 13 heteroatoms. The summed E-state index contributed by atoms with van der Waals surface area (Å²) in [4.78, 5) is 24.4. The van der Waals surface area contributed by atoms with Gasteiger partial charge in [0, 0.05) is 35.0 Å². The summed E-state index contributed by atoms with van der Waals surface area (Å²) < 4.78 is 57.0. The van der Waals surface area contributed by atoms with E-state index in [9.17, 15) is 22.4 Å². The second-order valence-electron chi connectivity index (χ2n) is 12.4. The van der Waals surface area contributed by atoms with Gasteiger partial charge >= 0.3 is 12.4 Å². The number of amidine groups is 1. The van der Waals surface area contributed by atoms with Crippen LogP contribution in [0.25, 0.3) is 17.1 Å². The van der Waals surface area contributed by atoms with Crippen molar-refractivity contribution in [3.05, 3.63) is 90.0 Å². The number of halogens is 4. The summed E-state index contributed by atoms with van der Waals surface area (Å²) in [5.74, 6) is 0.931. The number of nitrogens with one attached hydrogen (secondary N) is 1. The number of aromatic nitrogens is 3. The average Bonchev–Trinajstić information content (AvgIpc) is 3.72. The molecule has 0 radical (unpaired) electrons. The Labute approximate surface area is 280 Å². The van der Waals surface area contributed by atoms with Gasteiger partial charge in [-0.15, -0.1) is 18.3 Å². The van der Waals surface area contributed by atoms with Crippen molar-refractivity contribution in [1.82, 2.24) is 20.1 Å². The second-order valence-corrected chi connectivity index (χ2v) is 13.4. The number of urea groups is 1. The lowest BCUT2D eigenvalue weighted by Gasteiger charge is -2.37. The fraction of sp³-hybridized carbons (Fsp3) is 0.371. The van der Waals surface area contributed by atoms with Gasteiger partial charge in [0.1, 0.15) is 17.9 Å². The van der Waals surface area contributed by atoms with Gasteiger partial charge in [0.05, 0.1) is 5.69 Å². The number of alkyl halides is 3. The Balaban J connectivity index is 1.13. The van der Waals surface area contributed by atoms with E-state index < -0.39 is 6.36 Å². The summed E-state index contributed by atoms with van der Waals surface area (Å²) in [5, 5.41) is 8.28. The number of carbonyl (C=O) groups is 1. The molecule has 0 spiro atoms. The predicted molar refractivity (Wildman–Crippen MR) is 179 cm³/mol. The number of ether oxygens (including phenoxy) is 1. The zero-order valence-electron chi connectivity index (χ0n) is 26.7. The van der Waals surface area contributed by atoms with Gasteiger partial charge in [-0.25, -0.2) is 18.9 Å². The highest BCUT2D eigenvalue weighted by Crippen LogP contribution is 2.37. The fourth-order valence-corrected chi connectivity index (χ4v) is 7.56. The Hall–Kier alpha value is -4.39. The van der Waals surface area contributed by atoms with Crippen molar-refractivity contribution in [2.75, 3.05) is 10.7 Å². The van der Waals surface area contributed by atoms with Crippen LogP contribution in [0.2, 0.25) is 0 Å². The maximum atomic E-state index is 14.2. The van der Waals surface area contributed by atoms with E-state index in [2.05, 4.69) is 37.0 Å². The molecule has 2 amide bonds. The van der Waals surface area contributed by atoms with E-state index >= 15 is 0 Å². The summed E-state index contributed by atoms with van der Waals surface area (Å²) >= 11 is 1.54. The number of anilines is 1. The highest BCUT2D eigenvalue weighted by atomic mass is 32.2. The molecule has 1 aromatic heterocycles. The number of aliphatic imine (C=N–C) groups is 1. The van der Waals surface area contributed by atoms with Crippen LogP contribution in [-0.4, -0.2) is 50.2 Å². The van der Waals surface area contributed by atoms with Gasteiger partial charge in [-0.2, -0.15) is 4.99 Å². The summed E-state index contributed by atoms with van der Waals surface area (Å²) in [6.07, 6.45) is 0.394. The van der Waals surface area contributed by atoms with Gasteiger partial charge in [0.25, 0.3) is 0 Å². The normalized spacial score (nSPS) is 20.8. The smallest absolute Gasteiger partial charge is 0.406 e. The lowest BCUT2D eigenvalue weighted by molar-refractivity contribution is -0.274. The first-order valence-corrected chi connectivity index (χ1v) is 16.9. The quantitative estimate of drug-likeness (QED) is 0.197. The molecule has 3 atom stereocenters. The van der Waals surface area contributed by atoms with Crippen LogP contribution in [0.3, 0.4) is 0 Å². The van der Waals surface area contributed by atoms with E-state index in [1.54, 1.807) is 23.9 Å². The molecule has 8 nitrogen and oxygen atoms in total. The van der Waals surface area contributed by atoms with Gasteiger partial charge in [-0.3, -0.25) is 0 Å². The Kier molecular flexibility index (Phi) is 9.77. The molecule has 1 aliphatic heterocycles. The molecule has 3 aromatic carbocycles. The molecule has 1 saturated heterocycles. The SMILES string of the molecule is CC(C)c1cc(F)ccc1N1/C(=N/C(=O)NC2CCCC2c2ccc(-c3ncn(-c4ccc(OC(F)(F)F)cc4)n3)cc2)SCCC1C. The van der Waals surface area contributed by atoms with E-state index in [1.165, 1.54) is 41.3 Å². The van der Waals surface area contributed by atoms with Crippen molar-refractivity contribution >= 4 is 28.6 Å². The Morgan fingerprint density at radius 1 is 1.04 bits per heavy atom. The number of hydrogen-bond donors (Lipinski definition) is 1. The van der Waals surface area contributed by atoms with Crippen molar-refractivity contribution in [3.8, 4) is 22.8 Å². The van der Waals surface area contributed by atoms with E-state index in [-0.39, 0.29) is 41.5 Å². The van der Waals surface area contributed by atoms with Crippen LogP contribution in [0.5, 0.6) is 5.75 Å². The van der Waals surface area contributed by atoms with Crippen molar-refractivity contribution in [1.29, 1.82) is 0 Å². The van der Waals surface area contributed by atoms with E-state index in [0.29, 0.717) is 16.7 Å². The first-order chi connectivity index (χ1) is 22.9. The van der Waals surface area contributed by atoms with Crippen LogP contribution in [0.1, 0.15) is 69.4 Å². The Morgan fingerprint density at radius 2 is 1.79 bits per heavy atom. The van der Waals surface area contributed by atoms with Crippen LogP contribution >= 0.6 is 11.8 Å². The standard InChI is InChI=1S/C35H36F4N6O2S/c1-21(2)29-19-25(36)11-16-31(29)45-22(3)17-18-48-34(45)42-33(46)41-30-6-4-5-28(30)23-7-9-24(10-8-23)32-40-20-44(43-32)26-12-14-27(15-13-26)47-35(37,38)39/h7-16,19-22,28,30H,4-6,17-18H2,1-3H3,(H,41,46)/b42-34-. The summed E-state index contributed by atoms with van der Waals surface area (Å²) in [5.41, 5.74) is 4.17. The van der Waals surface area contributed by atoms with Gasteiger partial charge in [0.15, 0.2) is 11.0 Å². The highest BCUT2D eigenvalue weighted by molar-refractivity contribution is 8.14. The highest BCUT2D eigenvalue weighted by Gasteiger charge is 2.33. The number of benzene rings is 3. The Morgan fingerprint density at radius 3 is 2.50 bits per heavy atom. The van der Waals surface area contributed by atoms with Crippen LogP contribution in [0, 0.1) is 5.82 Å². The van der Waals surface area contributed by atoms with Crippen molar-refractivity contribution in [2.45, 2.75) is 76.7 Å². The van der Waals surface area contributed by atoms with Gasteiger partial charge < -0.3 is 15.0 Å². The third-order valence-corrected chi connectivity index (χ3v) is 9.72. The first-order valence-electron chi connectivity index (χ1n) is 15.9. The van der Waals surface area contributed by atoms with Crippen LogP contribution in [0.4, 0.5) is 28.0 Å². The molecular weight excluding hydrogens is 644 g/mol. The number of amides is 2. The number of nitrogens with zero attached hydrogens (tertiary/aromatic N) is 5. The molecule has 2 heterocycles. The molecule has 2 fully saturated rings. The molecule has 4 aromatic rings. The number of thioether (sulfide) groups is 1. The summed E-state index contributed by atoms with van der Waals surface area (Å²) in [7, 11) is 0. The van der Waals surface area contributed by atoms with Crippen molar-refractivity contribution in [3.63, 3.8) is 0 Å². The third-order valence-electron chi connectivity index (χ3n) is 8.73. The molecule has 1 saturated carbocycles. The van der Waals surface area contributed by atoms with E-state index in [1.807, 2.05) is 38.1 Å². The fourth-order valence-electron chi connectivity index (χ4n) is 6.35. The minimum absolute atomic E-state index is 0.0779. The van der Waals surface area contributed by atoms with Crippen LogP contribution in [0.15, 0.2) is 78.0 Å². The first kappa shape index (κ1) is 33.5. The zero-order valence-corrected chi connectivity index (χ0v) is 27.6. The van der Waals surface area contributed by atoms with E-state index in [0.717, 1.165) is 53.8 Å². The lowest BCUT2D eigenvalue weighted by atomic mass is 9.93. The number of rotatable bonds is 7. The molecule has 1 N–H and O–H groups in total. The van der Waals surface area contributed by atoms with Gasteiger partial charge in [-0.05, 0) is 85.7 Å². The minimum atomic E-state index is -4.76. The van der Waals surface area contributed by atoms with Crippen molar-refractivity contribution < 1.29 is 27.1 Å². The number of carbonyl (C=O) groups excluding carboxylic acids is 1. The van der Waals surface area contributed by atoms with Crippen LogP contribution < -0.4 is 15.0 Å². The van der Waals surface area contributed by atoms with Gasteiger partial charge in [-0.1, -0.05) is 56.3 Å². The maximum absolute atomic E-state index is 14.2. The molecule has 252 valence electrons. The monoisotopic (exact) mass is 680 g/mol. The Bertz CT molecular complexity index is 1780. The summed E-state index contributed by atoms with van der Waals surface area (Å²) in [6, 6.07) is 17.7. The maximum Gasteiger partial charge on any atom is 0.573 e. The van der Waals surface area contributed by atoms with Crippen molar-refractivity contribution in [2.24, 2.45) is 4.99 Å². The molecule has 48 heavy (non-hydrogen) atoms. The topological polar surface area (TPSA) is 84.6 Å². The molecule has 6 rings (SSSR count). The number of hydrogen-bond acceptors (Lipinski definition) is 5. The molecular formula is C35H36F4N6O2S. The molecule has 1 aliphatic carbocycles. The zero-order chi connectivity index (χ0) is 34.0. The largest absolute Gasteiger partial charge is 0.573 e. The van der Waals surface area contributed by atoms with E-state index in [4.69, 9.17) is 0 Å². The molecule has 2 aliphatic rings. The third kappa shape index (κ3) is 7.67. The van der Waals surface area contributed by atoms with Gasteiger partial charge in [0.2, 0.25) is 0 Å². The molecule has 3 unspecified atom stereocenters. The lowest BCUT2D eigenvalue weighted by Crippen LogP contribution is -2.43. The second kappa shape index (κ2) is 14.0. The van der Waals surface area contributed by atoms with Crippen LogP contribution in [-0.2, 0) is 0 Å². The predicted octanol–water partition coefficient (Wildman–Crippen LogP) is 8.83. The minimum Gasteiger partial charge on any atom is -0.406 e.